The number of sulfonamides is 1. The van der Waals surface area contributed by atoms with Crippen LogP contribution in [0.2, 0.25) is 0 Å². The van der Waals surface area contributed by atoms with Crippen LogP contribution in [0.15, 0.2) is 24.3 Å². The van der Waals surface area contributed by atoms with Crippen molar-refractivity contribution in [2.45, 2.75) is 70.6 Å². The molecule has 0 unspecified atom stereocenters. The van der Waals surface area contributed by atoms with Crippen LogP contribution in [0.1, 0.15) is 70.8 Å². The molecule has 4 aliphatic carbocycles. The van der Waals surface area contributed by atoms with E-state index in [-0.39, 0.29) is 5.41 Å². The van der Waals surface area contributed by atoms with Gasteiger partial charge in [-0.05, 0) is 117 Å². The minimum Gasteiger partial charge on any atom is -0.303 e. The molecule has 4 bridgehead atoms. The lowest BCUT2D eigenvalue weighted by Crippen LogP contribution is -2.50. The fraction of sp³-hybridized carbons (Fsp3) is 0.769. The van der Waals surface area contributed by atoms with E-state index in [1.54, 1.807) is 0 Å². The second kappa shape index (κ2) is 7.76. The van der Waals surface area contributed by atoms with Crippen molar-refractivity contribution in [3.05, 3.63) is 29.8 Å². The quantitative estimate of drug-likeness (QED) is 0.651. The van der Waals surface area contributed by atoms with Crippen molar-refractivity contribution < 1.29 is 8.42 Å². The Balaban J connectivity index is 1.22. The summed E-state index contributed by atoms with van der Waals surface area (Å²) < 4.78 is 26.0. The number of benzene rings is 1. The summed E-state index contributed by atoms with van der Waals surface area (Å²) in [6.07, 6.45) is 12.9. The SMILES string of the molecule is C[C@H]1CN(CCC23CC4CC(CC(C4)C2)C3)CC[C@]1(C)c1cccc(NS(C)(=O)=O)c1. The first-order valence-corrected chi connectivity index (χ1v) is 14.3. The summed E-state index contributed by atoms with van der Waals surface area (Å²) >= 11 is 0. The first-order chi connectivity index (χ1) is 14.6. The number of anilines is 1. The summed E-state index contributed by atoms with van der Waals surface area (Å²) in [5.74, 6) is 3.68. The second-order valence-electron chi connectivity index (χ2n) is 12.0. The van der Waals surface area contributed by atoms with Gasteiger partial charge in [0.1, 0.15) is 0 Å². The zero-order chi connectivity index (χ0) is 21.9. The van der Waals surface area contributed by atoms with E-state index in [1.807, 2.05) is 18.2 Å². The molecule has 4 saturated carbocycles. The van der Waals surface area contributed by atoms with Gasteiger partial charge in [-0.2, -0.15) is 0 Å². The molecule has 1 saturated heterocycles. The van der Waals surface area contributed by atoms with Crippen molar-refractivity contribution in [1.82, 2.24) is 4.90 Å². The van der Waals surface area contributed by atoms with Gasteiger partial charge in [0.15, 0.2) is 0 Å². The summed E-state index contributed by atoms with van der Waals surface area (Å²) in [5, 5.41) is 0. The predicted octanol–water partition coefficient (Wildman–Crippen LogP) is 5.26. The zero-order valence-corrected chi connectivity index (χ0v) is 20.4. The van der Waals surface area contributed by atoms with Crippen molar-refractivity contribution in [3.63, 3.8) is 0 Å². The first kappa shape index (κ1) is 21.8. The average Bonchev–Trinajstić information content (AvgIpc) is 2.67. The average molecular weight is 445 g/mol. The van der Waals surface area contributed by atoms with Gasteiger partial charge in [-0.15, -0.1) is 0 Å². The molecular formula is C26H40N2O2S. The van der Waals surface area contributed by atoms with E-state index in [9.17, 15) is 8.42 Å². The van der Waals surface area contributed by atoms with Crippen LogP contribution in [0.25, 0.3) is 0 Å². The number of hydrogen-bond donors (Lipinski definition) is 1. The molecule has 5 fully saturated rings. The van der Waals surface area contributed by atoms with Crippen LogP contribution >= 0.6 is 0 Å². The Hall–Kier alpha value is -1.07. The molecule has 5 heteroatoms. The van der Waals surface area contributed by atoms with Gasteiger partial charge in [0.05, 0.1) is 6.26 Å². The first-order valence-electron chi connectivity index (χ1n) is 12.4. The van der Waals surface area contributed by atoms with Crippen LogP contribution in [0, 0.1) is 29.1 Å². The molecule has 1 heterocycles. The third kappa shape index (κ3) is 4.42. The molecule has 1 N–H and O–H groups in total. The molecule has 0 aromatic heterocycles. The van der Waals surface area contributed by atoms with Crippen LogP contribution in [0.5, 0.6) is 0 Å². The van der Waals surface area contributed by atoms with E-state index in [0.29, 0.717) is 17.0 Å². The number of nitrogens with zero attached hydrogens (tertiary/aromatic N) is 1. The van der Waals surface area contributed by atoms with Crippen molar-refractivity contribution >= 4 is 15.7 Å². The lowest BCUT2D eigenvalue weighted by molar-refractivity contribution is -0.0630. The van der Waals surface area contributed by atoms with E-state index >= 15 is 0 Å². The van der Waals surface area contributed by atoms with Crippen LogP contribution < -0.4 is 4.72 Å². The Morgan fingerprint density at radius 2 is 1.74 bits per heavy atom. The van der Waals surface area contributed by atoms with Gasteiger partial charge < -0.3 is 4.90 Å². The molecule has 0 amide bonds. The highest BCUT2D eigenvalue weighted by Crippen LogP contribution is 2.61. The molecule has 6 rings (SSSR count). The molecule has 0 radical (unpaired) electrons. The van der Waals surface area contributed by atoms with Crippen LogP contribution in [-0.4, -0.2) is 39.2 Å². The topological polar surface area (TPSA) is 49.4 Å². The largest absolute Gasteiger partial charge is 0.303 e. The Morgan fingerprint density at radius 1 is 1.10 bits per heavy atom. The van der Waals surface area contributed by atoms with Crippen LogP contribution in [-0.2, 0) is 15.4 Å². The number of nitrogens with one attached hydrogen (secondary N) is 1. The monoisotopic (exact) mass is 444 g/mol. The molecule has 172 valence electrons. The Morgan fingerprint density at radius 3 is 2.32 bits per heavy atom. The fourth-order valence-electron chi connectivity index (χ4n) is 8.09. The lowest BCUT2D eigenvalue weighted by atomic mass is 9.49. The highest BCUT2D eigenvalue weighted by Gasteiger charge is 2.50. The zero-order valence-electron chi connectivity index (χ0n) is 19.6. The van der Waals surface area contributed by atoms with Crippen molar-refractivity contribution in [2.75, 3.05) is 30.6 Å². The third-order valence-electron chi connectivity index (χ3n) is 9.52. The van der Waals surface area contributed by atoms with E-state index in [4.69, 9.17) is 0 Å². The Kier molecular flexibility index (Phi) is 5.45. The maximum absolute atomic E-state index is 11.7. The normalized spacial score (nSPS) is 40.2. The molecule has 1 aromatic rings. The Bertz CT molecular complexity index is 892. The van der Waals surface area contributed by atoms with E-state index in [0.717, 1.165) is 37.3 Å². The number of rotatable bonds is 6. The highest BCUT2D eigenvalue weighted by molar-refractivity contribution is 7.92. The van der Waals surface area contributed by atoms with Crippen molar-refractivity contribution in [1.29, 1.82) is 0 Å². The Labute approximate surface area is 189 Å². The van der Waals surface area contributed by atoms with Crippen LogP contribution in [0.3, 0.4) is 0 Å². The molecule has 5 aliphatic rings. The summed E-state index contributed by atoms with van der Waals surface area (Å²) in [6, 6.07) is 8.05. The standard InChI is InChI=1S/C26H40N2O2S/c1-19-18-28(10-8-26-15-20-11-21(16-26)13-22(12-20)17-26)9-7-25(19,2)23-5-4-6-24(14-23)27-31(3,29)30/h4-6,14,19-22,27H,7-13,15-18H2,1-3H3/t19-,20?,21?,22?,25-,26?/m0/s1. The minimum atomic E-state index is -3.25. The van der Waals surface area contributed by atoms with Gasteiger partial charge in [-0.1, -0.05) is 26.0 Å². The smallest absolute Gasteiger partial charge is 0.229 e. The minimum absolute atomic E-state index is 0.0897. The maximum Gasteiger partial charge on any atom is 0.229 e. The van der Waals surface area contributed by atoms with E-state index < -0.39 is 10.0 Å². The van der Waals surface area contributed by atoms with Crippen molar-refractivity contribution in [2.24, 2.45) is 29.1 Å². The summed E-state index contributed by atoms with van der Waals surface area (Å²) in [4.78, 5) is 2.73. The summed E-state index contributed by atoms with van der Waals surface area (Å²) in [5.41, 5.74) is 2.70. The van der Waals surface area contributed by atoms with Crippen molar-refractivity contribution in [3.8, 4) is 0 Å². The van der Waals surface area contributed by atoms with Gasteiger partial charge in [0.25, 0.3) is 0 Å². The molecule has 1 aromatic carbocycles. The van der Waals surface area contributed by atoms with Gasteiger partial charge in [-0.3, -0.25) is 4.72 Å². The van der Waals surface area contributed by atoms with Gasteiger partial charge in [0.2, 0.25) is 10.0 Å². The lowest BCUT2D eigenvalue weighted by Gasteiger charge is -2.57. The number of piperidine rings is 1. The molecule has 4 nitrogen and oxygen atoms in total. The fourth-order valence-corrected chi connectivity index (χ4v) is 8.65. The van der Waals surface area contributed by atoms with Crippen LogP contribution in [0.4, 0.5) is 5.69 Å². The second-order valence-corrected chi connectivity index (χ2v) is 13.7. The number of hydrogen-bond acceptors (Lipinski definition) is 3. The molecule has 0 spiro atoms. The van der Waals surface area contributed by atoms with Gasteiger partial charge in [-0.25, -0.2) is 8.42 Å². The maximum atomic E-state index is 11.7. The van der Waals surface area contributed by atoms with Gasteiger partial charge >= 0.3 is 0 Å². The summed E-state index contributed by atoms with van der Waals surface area (Å²) in [7, 11) is -3.25. The molecule has 2 atom stereocenters. The highest BCUT2D eigenvalue weighted by atomic mass is 32.2. The third-order valence-corrected chi connectivity index (χ3v) is 10.1. The number of likely N-dealkylation sites (tertiary alicyclic amines) is 1. The van der Waals surface area contributed by atoms with E-state index in [2.05, 4.69) is 29.5 Å². The molecular weight excluding hydrogens is 404 g/mol. The van der Waals surface area contributed by atoms with E-state index in [1.165, 1.54) is 63.3 Å². The molecule has 31 heavy (non-hydrogen) atoms. The molecule has 1 aliphatic heterocycles. The predicted molar refractivity (Wildman–Crippen MR) is 128 cm³/mol. The summed E-state index contributed by atoms with van der Waals surface area (Å²) in [6.45, 7) is 8.31. The van der Waals surface area contributed by atoms with Gasteiger partial charge in [0, 0.05) is 12.2 Å².